The van der Waals surface area contributed by atoms with Crippen LogP contribution in [-0.2, 0) is 0 Å². The Balaban J connectivity index is 1.58. The molecule has 3 N–H and O–H groups in total. The van der Waals surface area contributed by atoms with Gasteiger partial charge in [0.05, 0.1) is 12.1 Å². The summed E-state index contributed by atoms with van der Waals surface area (Å²) in [4.78, 5) is 14.2. The molecule has 2 rings (SSSR count). The van der Waals surface area contributed by atoms with E-state index in [1.807, 2.05) is 0 Å². The highest BCUT2D eigenvalue weighted by Crippen LogP contribution is 2.18. The van der Waals surface area contributed by atoms with Crippen molar-refractivity contribution >= 4 is 6.03 Å². The molecule has 2 aliphatic rings. The summed E-state index contributed by atoms with van der Waals surface area (Å²) in [6.45, 7) is 6.20. The number of aliphatic hydroxyl groups is 1. The molecule has 1 aliphatic heterocycles. The van der Waals surface area contributed by atoms with Gasteiger partial charge in [-0.3, -0.25) is 0 Å². The molecular weight excluding hydrogens is 254 g/mol. The first kappa shape index (κ1) is 15.6. The minimum absolute atomic E-state index is 0.0698. The summed E-state index contributed by atoms with van der Waals surface area (Å²) in [5, 5.41) is 15.6. The van der Waals surface area contributed by atoms with Crippen molar-refractivity contribution in [3.05, 3.63) is 0 Å². The Morgan fingerprint density at radius 3 is 2.60 bits per heavy atom. The van der Waals surface area contributed by atoms with E-state index in [0.29, 0.717) is 6.54 Å². The van der Waals surface area contributed by atoms with Gasteiger partial charge in [-0.1, -0.05) is 19.8 Å². The van der Waals surface area contributed by atoms with Crippen LogP contribution in [0.25, 0.3) is 0 Å². The van der Waals surface area contributed by atoms with Gasteiger partial charge in [0, 0.05) is 13.1 Å². The molecule has 2 fully saturated rings. The zero-order valence-electron chi connectivity index (χ0n) is 12.6. The molecule has 20 heavy (non-hydrogen) atoms. The fourth-order valence-corrected chi connectivity index (χ4v) is 3.11. The van der Waals surface area contributed by atoms with Gasteiger partial charge in [-0.25, -0.2) is 4.79 Å². The standard InChI is InChI=1S/C15H29N3O2/c1-12-6-9-18(10-7-12)11-8-16-15(20)17-13-4-2-3-5-14(13)19/h12-14,19H,2-11H2,1H3,(H2,16,17,20). The number of hydrogen-bond acceptors (Lipinski definition) is 3. The summed E-state index contributed by atoms with van der Waals surface area (Å²) in [5.41, 5.74) is 0. The van der Waals surface area contributed by atoms with Crippen LogP contribution in [0.4, 0.5) is 4.79 Å². The highest BCUT2D eigenvalue weighted by Gasteiger charge is 2.24. The first-order valence-electron chi connectivity index (χ1n) is 8.10. The number of piperidine rings is 1. The Morgan fingerprint density at radius 1 is 1.20 bits per heavy atom. The van der Waals surface area contributed by atoms with Gasteiger partial charge in [-0.05, 0) is 44.7 Å². The Hall–Kier alpha value is -0.810. The van der Waals surface area contributed by atoms with Crippen LogP contribution < -0.4 is 10.6 Å². The second-order valence-corrected chi connectivity index (χ2v) is 6.38. The van der Waals surface area contributed by atoms with E-state index in [-0.39, 0.29) is 18.2 Å². The number of nitrogens with one attached hydrogen (secondary N) is 2. The Kier molecular flexibility index (Phi) is 6.10. The number of amides is 2. The predicted octanol–water partition coefficient (Wildman–Crippen LogP) is 1.32. The van der Waals surface area contributed by atoms with Gasteiger partial charge in [0.15, 0.2) is 0 Å². The van der Waals surface area contributed by atoms with E-state index < -0.39 is 0 Å². The maximum absolute atomic E-state index is 11.8. The van der Waals surface area contributed by atoms with E-state index in [1.165, 1.54) is 12.8 Å². The number of likely N-dealkylation sites (tertiary alicyclic amines) is 1. The van der Waals surface area contributed by atoms with Crippen LogP contribution in [0.15, 0.2) is 0 Å². The number of carbonyl (C=O) groups is 1. The second kappa shape index (κ2) is 7.84. The topological polar surface area (TPSA) is 64.6 Å². The van der Waals surface area contributed by atoms with Crippen LogP contribution in [-0.4, -0.2) is 54.4 Å². The lowest BCUT2D eigenvalue weighted by molar-refractivity contribution is 0.0942. The molecule has 5 heteroatoms. The van der Waals surface area contributed by atoms with Gasteiger partial charge in [-0.2, -0.15) is 0 Å². The van der Waals surface area contributed by atoms with Gasteiger partial charge in [0.2, 0.25) is 0 Å². The van der Waals surface area contributed by atoms with Gasteiger partial charge in [0.1, 0.15) is 0 Å². The van der Waals surface area contributed by atoms with Crippen molar-refractivity contribution in [1.29, 1.82) is 0 Å². The van der Waals surface area contributed by atoms with Crippen molar-refractivity contribution in [2.45, 2.75) is 57.6 Å². The SMILES string of the molecule is CC1CCN(CCNC(=O)NC2CCCCC2O)CC1. The summed E-state index contributed by atoms with van der Waals surface area (Å²) in [6.07, 6.45) is 6.00. The third-order valence-electron chi connectivity index (χ3n) is 4.64. The molecule has 1 aliphatic carbocycles. The molecule has 5 nitrogen and oxygen atoms in total. The maximum Gasteiger partial charge on any atom is 0.315 e. The Morgan fingerprint density at radius 2 is 1.90 bits per heavy atom. The van der Waals surface area contributed by atoms with E-state index in [4.69, 9.17) is 0 Å². The molecule has 1 heterocycles. The molecule has 2 atom stereocenters. The van der Waals surface area contributed by atoms with E-state index in [1.54, 1.807) is 0 Å². The molecule has 0 bridgehead atoms. The van der Waals surface area contributed by atoms with Crippen LogP contribution in [0.1, 0.15) is 45.4 Å². The lowest BCUT2D eigenvalue weighted by atomic mass is 9.93. The molecule has 1 saturated carbocycles. The number of aliphatic hydroxyl groups excluding tert-OH is 1. The third kappa shape index (κ3) is 4.94. The van der Waals surface area contributed by atoms with Crippen molar-refractivity contribution in [1.82, 2.24) is 15.5 Å². The molecule has 0 spiro atoms. The minimum atomic E-state index is -0.377. The summed E-state index contributed by atoms with van der Waals surface area (Å²) in [6, 6.07) is -0.207. The minimum Gasteiger partial charge on any atom is -0.391 e. The Labute approximate surface area is 122 Å². The lowest BCUT2D eigenvalue weighted by Crippen LogP contribution is -2.50. The van der Waals surface area contributed by atoms with E-state index in [9.17, 15) is 9.90 Å². The summed E-state index contributed by atoms with van der Waals surface area (Å²) in [5.74, 6) is 0.843. The van der Waals surface area contributed by atoms with Crippen molar-refractivity contribution in [3.63, 3.8) is 0 Å². The van der Waals surface area contributed by atoms with Crippen molar-refractivity contribution in [3.8, 4) is 0 Å². The van der Waals surface area contributed by atoms with Gasteiger partial charge < -0.3 is 20.6 Å². The first-order chi connectivity index (χ1) is 9.65. The van der Waals surface area contributed by atoms with Gasteiger partial charge in [0.25, 0.3) is 0 Å². The summed E-state index contributed by atoms with van der Waals surface area (Å²) >= 11 is 0. The average molecular weight is 283 g/mol. The number of nitrogens with zero attached hydrogens (tertiary/aromatic N) is 1. The van der Waals surface area contributed by atoms with Crippen LogP contribution in [0, 0.1) is 5.92 Å². The molecule has 2 amide bonds. The van der Waals surface area contributed by atoms with E-state index in [2.05, 4.69) is 22.5 Å². The first-order valence-corrected chi connectivity index (χ1v) is 8.10. The number of urea groups is 1. The van der Waals surface area contributed by atoms with Crippen molar-refractivity contribution in [2.75, 3.05) is 26.2 Å². The van der Waals surface area contributed by atoms with Gasteiger partial charge >= 0.3 is 6.03 Å². The fraction of sp³-hybridized carbons (Fsp3) is 0.933. The van der Waals surface area contributed by atoms with Crippen molar-refractivity contribution < 1.29 is 9.90 Å². The van der Waals surface area contributed by atoms with Gasteiger partial charge in [-0.15, -0.1) is 0 Å². The maximum atomic E-state index is 11.8. The molecule has 0 radical (unpaired) electrons. The summed E-state index contributed by atoms with van der Waals surface area (Å²) in [7, 11) is 0. The number of rotatable bonds is 4. The molecule has 0 aromatic carbocycles. The smallest absolute Gasteiger partial charge is 0.315 e. The fourth-order valence-electron chi connectivity index (χ4n) is 3.11. The average Bonchev–Trinajstić information content (AvgIpc) is 2.44. The largest absolute Gasteiger partial charge is 0.391 e. The molecule has 0 aromatic rings. The van der Waals surface area contributed by atoms with Crippen LogP contribution in [0.5, 0.6) is 0 Å². The molecular formula is C15H29N3O2. The normalized spacial score (nSPS) is 29.1. The quantitative estimate of drug-likeness (QED) is 0.729. The molecule has 2 unspecified atom stereocenters. The molecule has 1 saturated heterocycles. The van der Waals surface area contributed by atoms with E-state index >= 15 is 0 Å². The third-order valence-corrected chi connectivity index (χ3v) is 4.64. The van der Waals surface area contributed by atoms with Crippen LogP contribution in [0.2, 0.25) is 0 Å². The Bertz CT molecular complexity index is 303. The van der Waals surface area contributed by atoms with Crippen molar-refractivity contribution in [2.24, 2.45) is 5.92 Å². The highest BCUT2D eigenvalue weighted by molar-refractivity contribution is 5.74. The van der Waals surface area contributed by atoms with E-state index in [0.717, 1.165) is 51.2 Å². The molecule has 0 aromatic heterocycles. The van der Waals surface area contributed by atoms with Crippen LogP contribution >= 0.6 is 0 Å². The zero-order valence-corrected chi connectivity index (χ0v) is 12.6. The number of hydrogen-bond donors (Lipinski definition) is 3. The monoisotopic (exact) mass is 283 g/mol. The highest BCUT2D eigenvalue weighted by atomic mass is 16.3. The summed E-state index contributed by atoms with van der Waals surface area (Å²) < 4.78 is 0. The number of carbonyl (C=O) groups excluding carboxylic acids is 1. The molecule has 116 valence electrons. The van der Waals surface area contributed by atoms with Crippen LogP contribution in [0.3, 0.4) is 0 Å². The zero-order chi connectivity index (χ0) is 14.4. The lowest BCUT2D eigenvalue weighted by Gasteiger charge is -2.30. The predicted molar refractivity (Wildman–Crippen MR) is 79.6 cm³/mol. The second-order valence-electron chi connectivity index (χ2n) is 6.38.